The SMILES string of the molecule is CCO[C@@H]1C[C@H](O)C12CCN(C(=O)c1ccnc(NC)c1)CC2. The number of nitrogens with one attached hydrogen (secondary N) is 1. The summed E-state index contributed by atoms with van der Waals surface area (Å²) in [5.74, 6) is 0.718. The maximum Gasteiger partial charge on any atom is 0.254 e. The zero-order valence-electron chi connectivity index (χ0n) is 13.8. The van der Waals surface area contributed by atoms with Gasteiger partial charge in [-0.1, -0.05) is 0 Å². The largest absolute Gasteiger partial charge is 0.392 e. The summed E-state index contributed by atoms with van der Waals surface area (Å²) in [5, 5.41) is 13.2. The minimum absolute atomic E-state index is 0.0283. The molecule has 1 spiro atoms. The molecule has 0 radical (unpaired) electrons. The van der Waals surface area contributed by atoms with E-state index in [4.69, 9.17) is 4.74 Å². The van der Waals surface area contributed by atoms with Gasteiger partial charge < -0.3 is 20.1 Å². The molecule has 1 aromatic heterocycles. The van der Waals surface area contributed by atoms with Gasteiger partial charge >= 0.3 is 0 Å². The van der Waals surface area contributed by atoms with E-state index < -0.39 is 0 Å². The molecule has 3 rings (SSSR count). The van der Waals surface area contributed by atoms with Crippen LogP contribution in [-0.2, 0) is 4.74 Å². The summed E-state index contributed by atoms with van der Waals surface area (Å²) in [4.78, 5) is 18.7. The zero-order valence-corrected chi connectivity index (χ0v) is 13.8. The lowest BCUT2D eigenvalue weighted by Crippen LogP contribution is -2.62. The summed E-state index contributed by atoms with van der Waals surface area (Å²) in [6.45, 7) is 3.98. The van der Waals surface area contributed by atoms with Gasteiger partial charge in [-0.05, 0) is 31.9 Å². The number of likely N-dealkylation sites (tertiary alicyclic amines) is 1. The molecule has 1 aromatic rings. The second-order valence-electron chi connectivity index (χ2n) is 6.40. The van der Waals surface area contributed by atoms with E-state index in [9.17, 15) is 9.90 Å². The highest BCUT2D eigenvalue weighted by Crippen LogP contribution is 2.51. The Hall–Kier alpha value is -1.66. The smallest absolute Gasteiger partial charge is 0.254 e. The number of hydrogen-bond donors (Lipinski definition) is 2. The summed E-state index contributed by atoms with van der Waals surface area (Å²) >= 11 is 0. The second-order valence-corrected chi connectivity index (χ2v) is 6.40. The molecule has 2 aliphatic rings. The van der Waals surface area contributed by atoms with Crippen molar-refractivity contribution in [1.82, 2.24) is 9.88 Å². The summed E-state index contributed by atoms with van der Waals surface area (Å²) in [6.07, 6.45) is 3.80. The molecule has 6 nitrogen and oxygen atoms in total. The third-order valence-electron chi connectivity index (χ3n) is 5.35. The highest BCUT2D eigenvalue weighted by molar-refractivity contribution is 5.94. The standard InChI is InChI=1S/C17H25N3O3/c1-3-23-14-11-13(21)17(14)5-8-20(9-6-17)16(22)12-4-7-19-15(10-12)18-2/h4,7,10,13-14,21H,3,5-6,8-9,11H2,1-2H3,(H,18,19)/t13-,14+/m0/s1. The predicted molar refractivity (Wildman–Crippen MR) is 87.4 cm³/mol. The van der Waals surface area contributed by atoms with Crippen molar-refractivity contribution in [2.24, 2.45) is 5.41 Å². The number of aromatic nitrogens is 1. The van der Waals surface area contributed by atoms with Crippen LogP contribution in [0.15, 0.2) is 18.3 Å². The normalized spacial score (nSPS) is 26.0. The number of rotatable bonds is 4. The molecule has 0 aromatic carbocycles. The molecule has 2 N–H and O–H groups in total. The lowest BCUT2D eigenvalue weighted by atomic mass is 9.58. The van der Waals surface area contributed by atoms with Gasteiger partial charge in [0.1, 0.15) is 5.82 Å². The van der Waals surface area contributed by atoms with Crippen molar-refractivity contribution in [3.8, 4) is 0 Å². The van der Waals surface area contributed by atoms with E-state index in [2.05, 4.69) is 10.3 Å². The number of ether oxygens (including phenoxy) is 1. The van der Waals surface area contributed by atoms with Gasteiger partial charge in [0, 0.05) is 50.3 Å². The van der Waals surface area contributed by atoms with E-state index in [1.807, 2.05) is 11.8 Å². The van der Waals surface area contributed by atoms with Crippen LogP contribution in [0.3, 0.4) is 0 Å². The third kappa shape index (κ3) is 2.81. The summed E-state index contributed by atoms with van der Waals surface area (Å²) in [5.41, 5.74) is 0.497. The van der Waals surface area contributed by atoms with Crippen LogP contribution in [0.25, 0.3) is 0 Å². The monoisotopic (exact) mass is 319 g/mol. The van der Waals surface area contributed by atoms with E-state index in [1.165, 1.54) is 0 Å². The molecular weight excluding hydrogens is 294 g/mol. The number of hydrogen-bond acceptors (Lipinski definition) is 5. The minimum Gasteiger partial charge on any atom is -0.392 e. The number of anilines is 1. The van der Waals surface area contributed by atoms with Crippen molar-refractivity contribution < 1.29 is 14.6 Å². The van der Waals surface area contributed by atoms with Gasteiger partial charge in [-0.3, -0.25) is 4.79 Å². The van der Waals surface area contributed by atoms with Gasteiger partial charge in [0.25, 0.3) is 5.91 Å². The van der Waals surface area contributed by atoms with Crippen LogP contribution in [0, 0.1) is 5.41 Å². The number of aliphatic hydroxyl groups is 1. The zero-order chi connectivity index (χ0) is 16.4. The number of pyridine rings is 1. The van der Waals surface area contributed by atoms with Crippen LogP contribution in [0.2, 0.25) is 0 Å². The molecule has 1 saturated heterocycles. The number of nitrogens with zero attached hydrogens (tertiary/aromatic N) is 2. The van der Waals surface area contributed by atoms with Gasteiger partial charge in [-0.25, -0.2) is 4.98 Å². The molecule has 1 aliphatic carbocycles. The van der Waals surface area contributed by atoms with Crippen molar-refractivity contribution in [3.05, 3.63) is 23.9 Å². The Morgan fingerprint density at radius 2 is 2.26 bits per heavy atom. The molecule has 0 unspecified atom stereocenters. The fourth-order valence-corrected chi connectivity index (χ4v) is 3.83. The Bertz CT molecular complexity index is 568. The van der Waals surface area contributed by atoms with E-state index >= 15 is 0 Å². The van der Waals surface area contributed by atoms with Crippen LogP contribution < -0.4 is 5.32 Å². The Morgan fingerprint density at radius 3 is 2.87 bits per heavy atom. The predicted octanol–water partition coefficient (Wildman–Crippen LogP) is 1.52. The highest BCUT2D eigenvalue weighted by atomic mass is 16.5. The first-order valence-corrected chi connectivity index (χ1v) is 8.33. The van der Waals surface area contributed by atoms with Crippen molar-refractivity contribution in [3.63, 3.8) is 0 Å². The van der Waals surface area contributed by atoms with Crippen molar-refractivity contribution in [2.45, 2.75) is 38.4 Å². The van der Waals surface area contributed by atoms with E-state index in [0.717, 1.165) is 19.3 Å². The Balaban J connectivity index is 1.65. The molecule has 0 bridgehead atoms. The first kappa shape index (κ1) is 16.2. The summed E-state index contributed by atoms with van der Waals surface area (Å²) in [7, 11) is 1.78. The molecule has 2 heterocycles. The maximum absolute atomic E-state index is 12.7. The van der Waals surface area contributed by atoms with Gasteiger partial charge in [0.05, 0.1) is 12.2 Å². The summed E-state index contributed by atoms with van der Waals surface area (Å²) in [6, 6.07) is 3.52. The lowest BCUT2D eigenvalue weighted by molar-refractivity contribution is -0.207. The van der Waals surface area contributed by atoms with Gasteiger partial charge in [-0.15, -0.1) is 0 Å². The van der Waals surface area contributed by atoms with Gasteiger partial charge in [0.15, 0.2) is 0 Å². The second kappa shape index (κ2) is 6.45. The lowest BCUT2D eigenvalue weighted by Gasteiger charge is -2.56. The number of carbonyl (C=O) groups is 1. The maximum atomic E-state index is 12.7. The molecule has 1 aliphatic heterocycles. The number of aliphatic hydroxyl groups excluding tert-OH is 1. The molecule has 6 heteroatoms. The minimum atomic E-state index is -0.298. The van der Waals surface area contributed by atoms with Crippen LogP contribution in [0.1, 0.15) is 36.5 Å². The fraction of sp³-hybridized carbons (Fsp3) is 0.647. The van der Waals surface area contributed by atoms with E-state index in [0.29, 0.717) is 31.1 Å². The highest BCUT2D eigenvalue weighted by Gasteiger charge is 2.56. The number of amides is 1. The van der Waals surface area contributed by atoms with Gasteiger partial charge in [0.2, 0.25) is 0 Å². The summed E-state index contributed by atoms with van der Waals surface area (Å²) < 4.78 is 5.77. The average Bonchev–Trinajstić information content (AvgIpc) is 2.61. The van der Waals surface area contributed by atoms with Gasteiger partial charge in [-0.2, -0.15) is 0 Å². The first-order chi connectivity index (χ1) is 11.1. The van der Waals surface area contributed by atoms with E-state index in [-0.39, 0.29) is 23.5 Å². The van der Waals surface area contributed by atoms with Crippen molar-refractivity contribution >= 4 is 11.7 Å². The third-order valence-corrected chi connectivity index (χ3v) is 5.35. The van der Waals surface area contributed by atoms with Crippen LogP contribution in [0.4, 0.5) is 5.82 Å². The Labute approximate surface area is 136 Å². The van der Waals surface area contributed by atoms with Crippen molar-refractivity contribution in [1.29, 1.82) is 0 Å². The Morgan fingerprint density at radius 1 is 1.52 bits per heavy atom. The molecule has 1 saturated carbocycles. The van der Waals surface area contributed by atoms with Crippen LogP contribution >= 0.6 is 0 Å². The van der Waals surface area contributed by atoms with Crippen LogP contribution in [-0.4, -0.2) is 59.8 Å². The number of piperidine rings is 1. The molecule has 23 heavy (non-hydrogen) atoms. The quantitative estimate of drug-likeness (QED) is 0.880. The van der Waals surface area contributed by atoms with E-state index in [1.54, 1.807) is 25.4 Å². The van der Waals surface area contributed by atoms with Crippen LogP contribution in [0.5, 0.6) is 0 Å². The molecular formula is C17H25N3O3. The van der Waals surface area contributed by atoms with Crippen molar-refractivity contribution in [2.75, 3.05) is 32.1 Å². The molecule has 2 fully saturated rings. The molecule has 126 valence electrons. The fourth-order valence-electron chi connectivity index (χ4n) is 3.83. The topological polar surface area (TPSA) is 74.7 Å². The Kier molecular flexibility index (Phi) is 4.55. The number of carbonyl (C=O) groups excluding carboxylic acids is 1. The molecule has 1 amide bonds. The molecule has 2 atom stereocenters. The first-order valence-electron chi connectivity index (χ1n) is 8.33. The average molecular weight is 319 g/mol.